The van der Waals surface area contributed by atoms with Crippen molar-refractivity contribution < 1.29 is 9.59 Å². The number of carbonyl (C=O) groups is 2. The summed E-state index contributed by atoms with van der Waals surface area (Å²) in [7, 11) is 1.81. The Hall–Kier alpha value is -1.92. The molecule has 1 aromatic rings. The number of hydrogen-bond donors (Lipinski definition) is 1. The minimum Gasteiger partial charge on any atom is -0.348 e. The lowest BCUT2D eigenvalue weighted by Gasteiger charge is -2.29. The van der Waals surface area contributed by atoms with Gasteiger partial charge in [0.05, 0.1) is 6.54 Å². The lowest BCUT2D eigenvalue weighted by Crippen LogP contribution is -2.37. The number of rotatable bonds is 4. The molecule has 0 bridgehead atoms. The second-order valence-electron chi connectivity index (χ2n) is 6.82. The quantitative estimate of drug-likeness (QED) is 0.904. The maximum Gasteiger partial charge on any atom is 0.289 e. The molecule has 2 heterocycles. The van der Waals surface area contributed by atoms with Crippen molar-refractivity contribution in [3.05, 3.63) is 11.6 Å². The fraction of sp³-hybridized carbons (Fsp3) is 0.750. The zero-order valence-electron chi connectivity index (χ0n) is 13.9. The van der Waals surface area contributed by atoms with Gasteiger partial charge in [-0.15, -0.1) is 10.2 Å². The molecule has 1 aromatic heterocycles. The molecule has 1 saturated carbocycles. The highest BCUT2D eigenvalue weighted by molar-refractivity contribution is 5.91. The van der Waals surface area contributed by atoms with Gasteiger partial charge in [0, 0.05) is 26.6 Å². The van der Waals surface area contributed by atoms with Crippen LogP contribution in [0, 0.1) is 11.8 Å². The Balaban J connectivity index is 1.61. The summed E-state index contributed by atoms with van der Waals surface area (Å²) in [6.07, 6.45) is 5.52. The third-order valence-electron chi connectivity index (χ3n) is 5.18. The van der Waals surface area contributed by atoms with Gasteiger partial charge in [-0.2, -0.15) is 0 Å². The summed E-state index contributed by atoms with van der Waals surface area (Å²) < 4.78 is 1.81. The van der Waals surface area contributed by atoms with Gasteiger partial charge in [-0.25, -0.2) is 0 Å². The van der Waals surface area contributed by atoms with Gasteiger partial charge in [0.15, 0.2) is 5.82 Å². The topological polar surface area (TPSA) is 80.1 Å². The van der Waals surface area contributed by atoms with E-state index in [4.69, 9.17) is 0 Å². The third kappa shape index (κ3) is 3.38. The molecule has 2 amide bonds. The number of nitrogens with zero attached hydrogens (tertiary/aromatic N) is 4. The molecule has 126 valence electrons. The number of amides is 2. The molecule has 1 aliphatic carbocycles. The summed E-state index contributed by atoms with van der Waals surface area (Å²) >= 11 is 0. The number of fused-ring (bicyclic) bond motifs is 1. The fourth-order valence-corrected chi connectivity index (χ4v) is 3.59. The van der Waals surface area contributed by atoms with Crippen molar-refractivity contribution in [1.29, 1.82) is 0 Å². The van der Waals surface area contributed by atoms with E-state index in [1.807, 2.05) is 4.57 Å². The van der Waals surface area contributed by atoms with Crippen molar-refractivity contribution in [3.63, 3.8) is 0 Å². The average Bonchev–Trinajstić information content (AvgIpc) is 2.94. The Bertz CT molecular complexity index is 597. The Morgan fingerprint density at radius 3 is 2.91 bits per heavy atom. The van der Waals surface area contributed by atoms with Crippen molar-refractivity contribution in [2.24, 2.45) is 11.8 Å². The number of hydrogen-bond acceptors (Lipinski definition) is 4. The lowest BCUT2D eigenvalue weighted by atomic mass is 9.78. The van der Waals surface area contributed by atoms with Crippen LogP contribution in [0.1, 0.15) is 55.5 Å². The summed E-state index contributed by atoms with van der Waals surface area (Å²) in [5.74, 6) is 2.11. The first-order chi connectivity index (χ1) is 11.1. The Morgan fingerprint density at radius 1 is 1.35 bits per heavy atom. The summed E-state index contributed by atoms with van der Waals surface area (Å²) in [6, 6.07) is 0. The van der Waals surface area contributed by atoms with Crippen LogP contribution < -0.4 is 5.32 Å². The number of nitrogens with one attached hydrogen (secondary N) is 1. The molecule has 3 rings (SSSR count). The second-order valence-corrected chi connectivity index (χ2v) is 6.82. The lowest BCUT2D eigenvalue weighted by molar-refractivity contribution is -0.132. The zero-order valence-corrected chi connectivity index (χ0v) is 13.9. The first-order valence-corrected chi connectivity index (χ1v) is 8.50. The Kier molecular flexibility index (Phi) is 4.63. The highest BCUT2D eigenvalue weighted by Gasteiger charge is 2.27. The second kappa shape index (κ2) is 6.68. The first-order valence-electron chi connectivity index (χ1n) is 8.50. The smallest absolute Gasteiger partial charge is 0.289 e. The maximum atomic E-state index is 12.5. The SMILES string of the molecule is CC1CCCCC1CC(=O)N(C)Cc1nnc2n1CCNC2=O. The van der Waals surface area contributed by atoms with Crippen molar-refractivity contribution in [2.45, 2.75) is 52.1 Å². The molecular weight excluding hydrogens is 294 g/mol. The first kappa shape index (κ1) is 16.0. The minimum absolute atomic E-state index is 0.154. The van der Waals surface area contributed by atoms with Gasteiger partial charge in [-0.3, -0.25) is 9.59 Å². The van der Waals surface area contributed by atoms with Crippen molar-refractivity contribution >= 4 is 11.8 Å². The van der Waals surface area contributed by atoms with Gasteiger partial charge in [0.1, 0.15) is 0 Å². The number of carbonyl (C=O) groups excluding carboxylic acids is 2. The van der Waals surface area contributed by atoms with Crippen molar-refractivity contribution in [2.75, 3.05) is 13.6 Å². The van der Waals surface area contributed by atoms with Crippen LogP contribution in [0.4, 0.5) is 0 Å². The third-order valence-corrected chi connectivity index (χ3v) is 5.18. The van der Waals surface area contributed by atoms with E-state index in [9.17, 15) is 9.59 Å². The standard InChI is InChI=1S/C16H25N5O2/c1-11-5-3-4-6-12(11)9-14(22)20(2)10-13-18-19-15-16(23)17-7-8-21(13)15/h11-12H,3-10H2,1-2H3,(H,17,23). The molecule has 23 heavy (non-hydrogen) atoms. The molecule has 7 heteroatoms. The molecule has 0 saturated heterocycles. The van der Waals surface area contributed by atoms with E-state index in [0.29, 0.717) is 49.5 Å². The van der Waals surface area contributed by atoms with Crippen LogP contribution in [-0.2, 0) is 17.9 Å². The van der Waals surface area contributed by atoms with Crippen LogP contribution in [0.2, 0.25) is 0 Å². The molecule has 1 fully saturated rings. The van der Waals surface area contributed by atoms with Crippen molar-refractivity contribution in [3.8, 4) is 0 Å². The molecule has 1 N–H and O–H groups in total. The summed E-state index contributed by atoms with van der Waals surface area (Å²) in [6.45, 7) is 3.89. The molecule has 0 spiro atoms. The molecule has 0 radical (unpaired) electrons. The van der Waals surface area contributed by atoms with Gasteiger partial charge in [-0.05, 0) is 18.3 Å². The van der Waals surface area contributed by atoms with Crippen LogP contribution in [0.15, 0.2) is 0 Å². The van der Waals surface area contributed by atoms with E-state index in [1.54, 1.807) is 11.9 Å². The van der Waals surface area contributed by atoms with E-state index in [1.165, 1.54) is 19.3 Å². The van der Waals surface area contributed by atoms with E-state index >= 15 is 0 Å². The van der Waals surface area contributed by atoms with Crippen LogP contribution in [-0.4, -0.2) is 45.1 Å². The highest BCUT2D eigenvalue weighted by atomic mass is 16.2. The number of aromatic nitrogens is 3. The zero-order chi connectivity index (χ0) is 16.4. The molecule has 2 unspecified atom stereocenters. The normalized spacial score (nSPS) is 24.0. The van der Waals surface area contributed by atoms with E-state index < -0.39 is 0 Å². The van der Waals surface area contributed by atoms with Gasteiger partial charge >= 0.3 is 0 Å². The molecule has 2 atom stereocenters. The van der Waals surface area contributed by atoms with E-state index in [-0.39, 0.29) is 11.8 Å². The molecule has 1 aliphatic heterocycles. The van der Waals surface area contributed by atoms with Crippen LogP contribution in [0.3, 0.4) is 0 Å². The summed E-state index contributed by atoms with van der Waals surface area (Å²) in [5, 5.41) is 10.8. The molecule has 7 nitrogen and oxygen atoms in total. The minimum atomic E-state index is -0.194. The summed E-state index contributed by atoms with van der Waals surface area (Å²) in [5.41, 5.74) is 0. The Labute approximate surface area is 136 Å². The predicted molar refractivity (Wildman–Crippen MR) is 84.6 cm³/mol. The summed E-state index contributed by atoms with van der Waals surface area (Å²) in [4.78, 5) is 25.9. The van der Waals surface area contributed by atoms with Gasteiger partial charge < -0.3 is 14.8 Å². The highest BCUT2D eigenvalue weighted by Crippen LogP contribution is 2.32. The maximum absolute atomic E-state index is 12.5. The molecule has 2 aliphatic rings. The van der Waals surface area contributed by atoms with Crippen LogP contribution >= 0.6 is 0 Å². The Morgan fingerprint density at radius 2 is 2.13 bits per heavy atom. The van der Waals surface area contributed by atoms with Crippen LogP contribution in [0.5, 0.6) is 0 Å². The van der Waals surface area contributed by atoms with Gasteiger partial charge in [0.25, 0.3) is 5.91 Å². The fourth-order valence-electron chi connectivity index (χ4n) is 3.59. The van der Waals surface area contributed by atoms with E-state index in [2.05, 4.69) is 22.4 Å². The largest absolute Gasteiger partial charge is 0.348 e. The van der Waals surface area contributed by atoms with Crippen molar-refractivity contribution in [1.82, 2.24) is 25.0 Å². The predicted octanol–water partition coefficient (Wildman–Crippen LogP) is 1.20. The van der Waals surface area contributed by atoms with Gasteiger partial charge in [0.2, 0.25) is 11.7 Å². The van der Waals surface area contributed by atoms with Crippen LogP contribution in [0.25, 0.3) is 0 Å². The van der Waals surface area contributed by atoms with E-state index in [0.717, 1.165) is 6.42 Å². The molecule has 0 aromatic carbocycles. The average molecular weight is 319 g/mol. The molecular formula is C16H25N5O2. The van der Waals surface area contributed by atoms with Gasteiger partial charge in [-0.1, -0.05) is 26.2 Å². The monoisotopic (exact) mass is 319 g/mol.